The predicted molar refractivity (Wildman–Crippen MR) is 78.3 cm³/mol. The maximum atomic E-state index is 11.9. The van der Waals surface area contributed by atoms with Gasteiger partial charge in [-0.1, -0.05) is 18.2 Å². The summed E-state index contributed by atoms with van der Waals surface area (Å²) in [5, 5.41) is 10.7. The number of hydrogen-bond acceptors (Lipinski definition) is 5. The van der Waals surface area contributed by atoms with Gasteiger partial charge in [0.25, 0.3) is 5.69 Å². The fourth-order valence-corrected chi connectivity index (χ4v) is 2.04. The molecule has 22 heavy (non-hydrogen) atoms. The third-order valence-corrected chi connectivity index (χ3v) is 3.07. The normalized spacial score (nSPS) is 10.5. The average Bonchev–Trinajstić information content (AvgIpc) is 2.95. The van der Waals surface area contributed by atoms with Crippen molar-refractivity contribution in [2.75, 3.05) is 0 Å². The molecule has 1 N–H and O–H groups in total. The van der Waals surface area contributed by atoms with Gasteiger partial charge in [0.2, 0.25) is 0 Å². The molecule has 7 nitrogen and oxygen atoms in total. The summed E-state index contributed by atoms with van der Waals surface area (Å²) in [5.41, 5.74) is 1.61. The third kappa shape index (κ3) is 2.78. The Bertz CT molecular complexity index is 824. The third-order valence-electron chi connectivity index (χ3n) is 3.07. The van der Waals surface area contributed by atoms with E-state index >= 15 is 0 Å². The number of fused-ring (bicyclic) bond motifs is 1. The highest BCUT2D eigenvalue weighted by Gasteiger charge is 2.13. The second-order valence-electron chi connectivity index (χ2n) is 4.58. The Kier molecular flexibility index (Phi) is 3.53. The molecule has 110 valence electrons. The molecular weight excluding hydrogens is 286 g/mol. The van der Waals surface area contributed by atoms with Crippen LogP contribution >= 0.6 is 0 Å². The summed E-state index contributed by atoms with van der Waals surface area (Å²) < 4.78 is 5.12. The fraction of sp³-hybridized carbons (Fsp3) is 0.0667. The van der Waals surface area contributed by atoms with E-state index in [1.54, 1.807) is 0 Å². The van der Waals surface area contributed by atoms with Gasteiger partial charge in [0.05, 0.1) is 21.5 Å². The lowest BCUT2D eigenvalue weighted by atomic mass is 10.2. The topological polar surface area (TPSA) is 98.1 Å². The number of nitrogens with one attached hydrogen (secondary N) is 1. The summed E-state index contributed by atoms with van der Waals surface area (Å²) in [6, 6.07) is 12.9. The number of H-pyrrole nitrogens is 1. The number of carbonyl (C=O) groups is 1. The van der Waals surface area contributed by atoms with Crippen LogP contribution in [0.2, 0.25) is 0 Å². The van der Waals surface area contributed by atoms with E-state index in [1.807, 2.05) is 24.3 Å². The van der Waals surface area contributed by atoms with Crippen LogP contribution in [-0.4, -0.2) is 20.9 Å². The zero-order chi connectivity index (χ0) is 15.5. The number of hydrogen-bond donors (Lipinski definition) is 1. The molecule has 2 aromatic carbocycles. The number of aromatic nitrogens is 2. The molecular formula is C15H11N3O4. The molecule has 0 saturated carbocycles. The van der Waals surface area contributed by atoms with Crippen molar-refractivity contribution < 1.29 is 14.5 Å². The minimum atomic E-state index is -0.635. The summed E-state index contributed by atoms with van der Waals surface area (Å²) in [7, 11) is 0. The predicted octanol–water partition coefficient (Wildman–Crippen LogP) is 2.83. The first-order valence-corrected chi connectivity index (χ1v) is 6.49. The van der Waals surface area contributed by atoms with Crippen molar-refractivity contribution in [1.29, 1.82) is 0 Å². The van der Waals surface area contributed by atoms with Crippen molar-refractivity contribution >= 4 is 22.7 Å². The molecule has 0 spiro atoms. The van der Waals surface area contributed by atoms with Crippen molar-refractivity contribution in [2.45, 2.75) is 6.61 Å². The van der Waals surface area contributed by atoms with E-state index in [1.165, 1.54) is 24.3 Å². The Labute approximate surface area is 124 Å². The molecule has 0 amide bonds. The number of imidazole rings is 1. The van der Waals surface area contributed by atoms with Gasteiger partial charge in [-0.25, -0.2) is 9.78 Å². The second kappa shape index (κ2) is 5.65. The van der Waals surface area contributed by atoms with E-state index in [0.29, 0.717) is 5.82 Å². The number of rotatable bonds is 4. The molecule has 0 radical (unpaired) electrons. The van der Waals surface area contributed by atoms with E-state index in [2.05, 4.69) is 9.97 Å². The molecule has 7 heteroatoms. The minimum absolute atomic E-state index is 0.0315. The van der Waals surface area contributed by atoms with Crippen molar-refractivity contribution in [1.82, 2.24) is 9.97 Å². The summed E-state index contributed by atoms with van der Waals surface area (Å²) >= 11 is 0. The number of esters is 1. The Balaban J connectivity index is 1.71. The Morgan fingerprint density at radius 3 is 2.82 bits per heavy atom. The zero-order valence-electron chi connectivity index (χ0n) is 11.4. The van der Waals surface area contributed by atoms with Gasteiger partial charge < -0.3 is 9.72 Å². The summed E-state index contributed by atoms with van der Waals surface area (Å²) in [5.74, 6) is -0.121. The fourth-order valence-electron chi connectivity index (χ4n) is 2.04. The number of ether oxygens (including phenoxy) is 1. The van der Waals surface area contributed by atoms with Crippen LogP contribution < -0.4 is 0 Å². The molecule has 0 fully saturated rings. The van der Waals surface area contributed by atoms with Crippen molar-refractivity contribution in [3.8, 4) is 0 Å². The first-order valence-electron chi connectivity index (χ1n) is 6.49. The second-order valence-corrected chi connectivity index (χ2v) is 4.58. The largest absolute Gasteiger partial charge is 0.454 e. The maximum absolute atomic E-state index is 11.9. The Hall–Kier alpha value is -3.22. The van der Waals surface area contributed by atoms with Crippen LogP contribution in [0.4, 0.5) is 5.69 Å². The van der Waals surface area contributed by atoms with E-state index in [-0.39, 0.29) is 17.9 Å². The number of benzene rings is 2. The van der Waals surface area contributed by atoms with Crippen LogP contribution in [0.5, 0.6) is 0 Å². The van der Waals surface area contributed by atoms with Crippen LogP contribution in [0.3, 0.4) is 0 Å². The van der Waals surface area contributed by atoms with Gasteiger partial charge in [-0.05, 0) is 18.2 Å². The van der Waals surface area contributed by atoms with Crippen molar-refractivity contribution in [3.05, 3.63) is 70.0 Å². The van der Waals surface area contributed by atoms with Crippen LogP contribution in [-0.2, 0) is 11.3 Å². The van der Waals surface area contributed by atoms with E-state index in [4.69, 9.17) is 4.74 Å². The van der Waals surface area contributed by atoms with Crippen LogP contribution in [0.15, 0.2) is 48.5 Å². The molecule has 1 aromatic heterocycles. The first-order chi connectivity index (χ1) is 10.6. The van der Waals surface area contributed by atoms with Crippen LogP contribution in [0.1, 0.15) is 16.2 Å². The van der Waals surface area contributed by atoms with Crippen molar-refractivity contribution in [3.63, 3.8) is 0 Å². The smallest absolute Gasteiger partial charge is 0.338 e. The summed E-state index contributed by atoms with van der Waals surface area (Å²) in [6.45, 7) is -0.0315. The van der Waals surface area contributed by atoms with Gasteiger partial charge in [-0.2, -0.15) is 0 Å². The molecule has 0 aliphatic carbocycles. The lowest BCUT2D eigenvalue weighted by molar-refractivity contribution is -0.384. The number of nitrogens with zero attached hydrogens (tertiary/aromatic N) is 2. The molecule has 0 unspecified atom stereocenters. The SMILES string of the molecule is O=C(OCc1nc2ccccc2[nH]1)c1cccc([N+](=O)[O-])c1. The Morgan fingerprint density at radius 2 is 2.05 bits per heavy atom. The molecule has 0 atom stereocenters. The highest BCUT2D eigenvalue weighted by atomic mass is 16.6. The molecule has 1 heterocycles. The highest BCUT2D eigenvalue weighted by Crippen LogP contribution is 2.15. The van der Waals surface area contributed by atoms with Gasteiger partial charge in [-0.3, -0.25) is 10.1 Å². The molecule has 0 saturated heterocycles. The van der Waals surface area contributed by atoms with Crippen LogP contribution in [0, 0.1) is 10.1 Å². The monoisotopic (exact) mass is 297 g/mol. The molecule has 0 aliphatic heterocycles. The molecule has 0 aliphatic rings. The van der Waals surface area contributed by atoms with Gasteiger partial charge >= 0.3 is 5.97 Å². The van der Waals surface area contributed by atoms with Crippen LogP contribution in [0.25, 0.3) is 11.0 Å². The quantitative estimate of drug-likeness (QED) is 0.453. The highest BCUT2D eigenvalue weighted by molar-refractivity contribution is 5.90. The minimum Gasteiger partial charge on any atom is -0.454 e. The average molecular weight is 297 g/mol. The lowest BCUT2D eigenvalue weighted by Gasteiger charge is -2.02. The van der Waals surface area contributed by atoms with Gasteiger partial charge in [0.15, 0.2) is 0 Å². The van der Waals surface area contributed by atoms with Gasteiger partial charge in [-0.15, -0.1) is 0 Å². The number of carbonyl (C=O) groups excluding carboxylic acids is 1. The summed E-state index contributed by atoms with van der Waals surface area (Å²) in [4.78, 5) is 29.4. The number of nitro benzene ring substituents is 1. The molecule has 0 bridgehead atoms. The maximum Gasteiger partial charge on any atom is 0.338 e. The number of para-hydroxylation sites is 2. The standard InChI is InChI=1S/C15H11N3O4/c19-15(10-4-3-5-11(8-10)18(20)21)22-9-14-16-12-6-1-2-7-13(12)17-14/h1-8H,9H2,(H,16,17). The van der Waals surface area contributed by atoms with Gasteiger partial charge in [0, 0.05) is 12.1 Å². The first kappa shape index (κ1) is 13.7. The van der Waals surface area contributed by atoms with Crippen molar-refractivity contribution in [2.24, 2.45) is 0 Å². The zero-order valence-corrected chi connectivity index (χ0v) is 11.4. The number of nitro groups is 1. The molecule has 3 aromatic rings. The Morgan fingerprint density at radius 1 is 1.23 bits per heavy atom. The van der Waals surface area contributed by atoms with Gasteiger partial charge in [0.1, 0.15) is 12.4 Å². The molecule has 3 rings (SSSR count). The lowest BCUT2D eigenvalue weighted by Crippen LogP contribution is -2.06. The van der Waals surface area contributed by atoms with E-state index in [0.717, 1.165) is 11.0 Å². The van der Waals surface area contributed by atoms with E-state index in [9.17, 15) is 14.9 Å². The number of non-ortho nitro benzene ring substituents is 1. The van der Waals surface area contributed by atoms with E-state index < -0.39 is 10.9 Å². The summed E-state index contributed by atoms with van der Waals surface area (Å²) in [6.07, 6.45) is 0. The number of aromatic amines is 1.